The Kier molecular flexibility index (Phi) is 13.1. The average Bonchev–Trinajstić information content (AvgIpc) is 3.38. The van der Waals surface area contributed by atoms with Crippen LogP contribution in [0.15, 0.2) is 48.6 Å². The van der Waals surface area contributed by atoms with Crippen LogP contribution in [0.25, 0.3) is 5.57 Å². The van der Waals surface area contributed by atoms with Crippen molar-refractivity contribution in [2.75, 3.05) is 0 Å². The molecule has 0 amide bonds. The zero-order valence-electron chi connectivity index (χ0n) is 28.9. The molecule has 4 nitrogen and oxygen atoms in total. The van der Waals surface area contributed by atoms with E-state index in [2.05, 4.69) is 41.5 Å². The Morgan fingerprint density at radius 3 is 1.74 bits per heavy atom. The van der Waals surface area contributed by atoms with Crippen molar-refractivity contribution in [1.29, 1.82) is 0 Å². The second-order valence-electron chi connectivity index (χ2n) is 14.4. The molecule has 1 aromatic carbocycles. The Balaban J connectivity index is 2.36. The molecule has 0 bridgehead atoms. The van der Waals surface area contributed by atoms with Crippen molar-refractivity contribution in [3.63, 3.8) is 0 Å². The highest BCUT2D eigenvalue weighted by Gasteiger charge is 2.68. The number of ether oxygens (including phenoxy) is 1. The molecule has 4 radical (unpaired) electrons. The number of aliphatic hydroxyl groups is 1. The maximum atomic E-state index is 13.0. The number of rotatable bonds is 13. The molecule has 2 aromatic rings. The summed E-state index contributed by atoms with van der Waals surface area (Å²) in [5.74, 6) is 0.608. The minimum atomic E-state index is -5.92. The highest BCUT2D eigenvalue weighted by atomic mass is 32.1. The normalized spacial score (nSPS) is 14.7. The Morgan fingerprint density at radius 1 is 0.766 bits per heavy atom. The molecule has 0 saturated carbocycles. The second-order valence-corrected chi connectivity index (χ2v) is 19.3. The fraction of sp³-hybridized carbons (Fsp3) is 0.588. The van der Waals surface area contributed by atoms with Crippen LogP contribution in [0, 0.1) is 0 Å². The van der Waals surface area contributed by atoms with Gasteiger partial charge in [0.25, 0.3) is 5.60 Å². The van der Waals surface area contributed by atoms with Crippen LogP contribution in [0.2, 0.25) is 10.1 Å². The molecule has 0 fully saturated rings. The summed E-state index contributed by atoms with van der Waals surface area (Å²) in [6, 6.07) is 9.38. The van der Waals surface area contributed by atoms with Gasteiger partial charge < -0.3 is 18.7 Å². The van der Waals surface area contributed by atoms with E-state index in [9.17, 15) is 31.4 Å². The van der Waals surface area contributed by atoms with E-state index < -0.39 is 29.2 Å². The topological polar surface area (TPSA) is 47.9 Å². The Bertz CT molecular complexity index is 1380. The first-order valence-electron chi connectivity index (χ1n) is 15.1. The van der Waals surface area contributed by atoms with Crippen molar-refractivity contribution in [1.82, 2.24) is 0 Å². The summed E-state index contributed by atoms with van der Waals surface area (Å²) in [5.41, 5.74) is -3.80. The summed E-state index contributed by atoms with van der Waals surface area (Å²) >= 11 is 1.31. The molecule has 0 unspecified atom stereocenters. The first-order valence-corrected chi connectivity index (χ1v) is 17.8. The van der Waals surface area contributed by atoms with E-state index in [1.807, 2.05) is 45.9 Å². The minimum absolute atomic E-state index is 0.00164. The van der Waals surface area contributed by atoms with E-state index >= 15 is 0 Å². The molecule has 0 saturated heterocycles. The first kappa shape index (κ1) is 41.3. The molecule has 1 heterocycles. The van der Waals surface area contributed by atoms with Gasteiger partial charge >= 0.3 is 12.4 Å². The van der Waals surface area contributed by atoms with Gasteiger partial charge in [-0.05, 0) is 91.2 Å². The number of halogens is 6. The lowest BCUT2D eigenvalue weighted by Gasteiger charge is -2.37. The zero-order valence-corrected chi connectivity index (χ0v) is 31.7. The van der Waals surface area contributed by atoms with Gasteiger partial charge in [-0.1, -0.05) is 66.7 Å². The molecular formula is C34H46F6O4SSi2. The van der Waals surface area contributed by atoms with Crippen LogP contribution in [-0.4, -0.2) is 42.6 Å². The van der Waals surface area contributed by atoms with E-state index in [4.69, 9.17) is 13.6 Å². The molecule has 13 heteroatoms. The summed E-state index contributed by atoms with van der Waals surface area (Å²) < 4.78 is 97.3. The Morgan fingerprint density at radius 2 is 1.28 bits per heavy atom. The predicted molar refractivity (Wildman–Crippen MR) is 179 cm³/mol. The summed E-state index contributed by atoms with van der Waals surface area (Å²) in [7, 11) is 0.512. The van der Waals surface area contributed by atoms with Gasteiger partial charge in [-0.3, -0.25) is 0 Å². The van der Waals surface area contributed by atoms with Gasteiger partial charge in [-0.25, -0.2) is 0 Å². The SMILES string of the molecule is CCC(=CC=CC(O)(C(F)(F)F)C(F)(F)F)c1ccc(COc2ccc(C(C)(C)O[Si]C(C)(C)C)c(C(C)(C)O[Si]C(C)(C)C)c2)s1. The van der Waals surface area contributed by atoms with E-state index in [-0.39, 0.29) is 42.3 Å². The van der Waals surface area contributed by atoms with Gasteiger partial charge in [0, 0.05) is 9.75 Å². The minimum Gasteiger partial charge on any atom is -0.488 e. The standard InChI is InChI=1S/C34H46F6O4SSi2/c1-12-22(14-13-19-32(41,33(35,36)37)34(38,39)40)27-18-16-24(45-27)21-42-23-15-17-25(30(8,9)43-46-28(2,3)4)26(20-23)31(10,11)44-47-29(5,6)7/h13-20,41H,12,21H2,1-11H3. The van der Waals surface area contributed by atoms with Gasteiger partial charge in [-0.2, -0.15) is 26.3 Å². The average molecular weight is 721 g/mol. The number of alkyl halides is 6. The molecule has 1 aromatic heterocycles. The quantitative estimate of drug-likeness (QED) is 0.127. The molecular weight excluding hydrogens is 675 g/mol. The van der Waals surface area contributed by atoms with Gasteiger partial charge in [-0.15, -0.1) is 11.3 Å². The first-order chi connectivity index (χ1) is 21.1. The van der Waals surface area contributed by atoms with Crippen LogP contribution >= 0.6 is 11.3 Å². The molecule has 47 heavy (non-hydrogen) atoms. The molecule has 2 rings (SSSR count). The molecule has 262 valence electrons. The molecule has 1 N–H and O–H groups in total. The third-order valence-electron chi connectivity index (χ3n) is 6.75. The number of benzene rings is 1. The van der Waals surface area contributed by atoms with Crippen LogP contribution in [-0.2, 0) is 26.7 Å². The fourth-order valence-electron chi connectivity index (χ4n) is 4.12. The molecule has 0 aliphatic carbocycles. The van der Waals surface area contributed by atoms with Gasteiger partial charge in [0.15, 0.2) is 0 Å². The monoisotopic (exact) mass is 720 g/mol. The summed E-state index contributed by atoms with van der Waals surface area (Å²) in [6.45, 7) is 22.8. The van der Waals surface area contributed by atoms with Crippen molar-refractivity contribution >= 4 is 36.4 Å². The highest BCUT2D eigenvalue weighted by molar-refractivity contribution is 7.13. The fourth-order valence-corrected chi connectivity index (χ4v) is 6.48. The van der Waals surface area contributed by atoms with Crippen LogP contribution < -0.4 is 4.74 Å². The summed E-state index contributed by atoms with van der Waals surface area (Å²) in [6.07, 6.45) is -10.0. The lowest BCUT2D eigenvalue weighted by atomic mass is 9.85. The zero-order chi connectivity index (χ0) is 36.3. The molecule has 0 spiro atoms. The third kappa shape index (κ3) is 11.6. The van der Waals surface area contributed by atoms with E-state index in [1.165, 1.54) is 11.3 Å². The molecule has 0 aliphatic heterocycles. The number of thiophene rings is 1. The van der Waals surface area contributed by atoms with Gasteiger partial charge in [0.1, 0.15) is 12.4 Å². The number of hydrogen-bond acceptors (Lipinski definition) is 5. The van der Waals surface area contributed by atoms with Crippen molar-refractivity contribution in [2.24, 2.45) is 0 Å². The summed E-state index contributed by atoms with van der Waals surface area (Å²) in [4.78, 5) is 1.46. The van der Waals surface area contributed by atoms with Crippen LogP contribution in [0.1, 0.15) is 103 Å². The molecule has 0 aliphatic rings. The third-order valence-corrected chi connectivity index (χ3v) is 10.3. The van der Waals surface area contributed by atoms with E-state index in [1.54, 1.807) is 19.1 Å². The largest absolute Gasteiger partial charge is 0.488 e. The highest BCUT2D eigenvalue weighted by Crippen LogP contribution is 2.44. The second kappa shape index (κ2) is 14.9. The van der Waals surface area contributed by atoms with E-state index in [0.29, 0.717) is 28.7 Å². The lowest BCUT2D eigenvalue weighted by Crippen LogP contribution is -2.55. The van der Waals surface area contributed by atoms with Crippen LogP contribution in [0.3, 0.4) is 0 Å². The van der Waals surface area contributed by atoms with Crippen molar-refractivity contribution < 1.29 is 45.0 Å². The van der Waals surface area contributed by atoms with Gasteiger partial charge in [0.2, 0.25) is 19.5 Å². The van der Waals surface area contributed by atoms with Gasteiger partial charge in [0.05, 0.1) is 11.2 Å². The predicted octanol–water partition coefficient (Wildman–Crippen LogP) is 10.7. The smallest absolute Gasteiger partial charge is 0.430 e. The molecule has 0 atom stereocenters. The maximum absolute atomic E-state index is 13.0. The van der Waals surface area contributed by atoms with E-state index in [0.717, 1.165) is 22.1 Å². The Hall–Kier alpha value is -1.91. The Labute approximate surface area is 284 Å². The van der Waals surface area contributed by atoms with Crippen molar-refractivity contribution in [3.05, 3.63) is 69.4 Å². The van der Waals surface area contributed by atoms with Crippen molar-refractivity contribution in [3.8, 4) is 5.75 Å². The van der Waals surface area contributed by atoms with Crippen LogP contribution in [0.5, 0.6) is 5.75 Å². The number of hydrogen-bond donors (Lipinski definition) is 1. The van der Waals surface area contributed by atoms with Crippen molar-refractivity contribution in [2.45, 2.75) is 128 Å². The maximum Gasteiger partial charge on any atom is 0.430 e. The lowest BCUT2D eigenvalue weighted by molar-refractivity contribution is -0.347. The number of allylic oxidation sites excluding steroid dienone is 3. The van der Waals surface area contributed by atoms with Crippen LogP contribution in [0.4, 0.5) is 26.3 Å². The summed E-state index contributed by atoms with van der Waals surface area (Å²) in [5, 5.41) is 9.36.